The SMILES string of the molecule is c1ccc(-c2ccccc2-c2nc(-c3ccc(-c4ccc(-c5ccc(-c6ccc7c(c6)sc6ccccc67)cc5)c5ccccc45)cc3)nc(-c3ccccc3-c3ccccc3)n2)cc1. The maximum absolute atomic E-state index is 5.22. The number of aromatic nitrogens is 3. The van der Waals surface area contributed by atoms with Gasteiger partial charge in [0.2, 0.25) is 0 Å². The van der Waals surface area contributed by atoms with Crippen molar-refractivity contribution >= 4 is 42.3 Å². The maximum Gasteiger partial charge on any atom is 0.164 e. The van der Waals surface area contributed by atoms with Gasteiger partial charge in [-0.3, -0.25) is 0 Å². The Morgan fingerprint density at radius 3 is 1.15 bits per heavy atom. The maximum atomic E-state index is 5.22. The van der Waals surface area contributed by atoms with Gasteiger partial charge in [0.25, 0.3) is 0 Å². The molecule has 12 rings (SSSR count). The fourth-order valence-corrected chi connectivity index (χ4v) is 10.3. The van der Waals surface area contributed by atoms with Gasteiger partial charge in [-0.15, -0.1) is 11.3 Å². The molecule has 0 spiro atoms. The molecular formula is C61H39N3S. The summed E-state index contributed by atoms with van der Waals surface area (Å²) in [6, 6.07) is 84.1. The van der Waals surface area contributed by atoms with Gasteiger partial charge in [-0.1, -0.05) is 224 Å². The molecule has 0 bridgehead atoms. The van der Waals surface area contributed by atoms with Gasteiger partial charge in [0.05, 0.1) is 0 Å². The zero-order chi connectivity index (χ0) is 43.1. The first-order valence-corrected chi connectivity index (χ1v) is 22.7. The molecule has 0 aliphatic carbocycles. The lowest BCUT2D eigenvalue weighted by atomic mass is 9.91. The van der Waals surface area contributed by atoms with Crippen LogP contribution >= 0.6 is 11.3 Å². The summed E-state index contributed by atoms with van der Waals surface area (Å²) >= 11 is 1.86. The summed E-state index contributed by atoms with van der Waals surface area (Å²) in [6.07, 6.45) is 0. The Labute approximate surface area is 381 Å². The minimum absolute atomic E-state index is 0.620. The third-order valence-electron chi connectivity index (χ3n) is 12.4. The molecule has 0 atom stereocenters. The van der Waals surface area contributed by atoms with Crippen molar-refractivity contribution in [2.75, 3.05) is 0 Å². The van der Waals surface area contributed by atoms with Gasteiger partial charge < -0.3 is 0 Å². The van der Waals surface area contributed by atoms with Crippen molar-refractivity contribution in [3.05, 3.63) is 237 Å². The van der Waals surface area contributed by atoms with Crippen molar-refractivity contribution in [3.63, 3.8) is 0 Å². The quantitative estimate of drug-likeness (QED) is 0.153. The minimum atomic E-state index is 0.620. The largest absolute Gasteiger partial charge is 0.208 e. The highest BCUT2D eigenvalue weighted by Crippen LogP contribution is 2.40. The zero-order valence-corrected chi connectivity index (χ0v) is 36.1. The van der Waals surface area contributed by atoms with Crippen LogP contribution in [0.3, 0.4) is 0 Å². The third kappa shape index (κ3) is 7.16. The van der Waals surface area contributed by atoms with Crippen LogP contribution in [0.25, 0.3) is 121 Å². The van der Waals surface area contributed by atoms with Crippen molar-refractivity contribution in [1.29, 1.82) is 0 Å². The average molecular weight is 846 g/mol. The van der Waals surface area contributed by atoms with Crippen LogP contribution in [-0.2, 0) is 0 Å². The van der Waals surface area contributed by atoms with Crippen molar-refractivity contribution in [3.8, 4) is 89.8 Å². The van der Waals surface area contributed by atoms with Crippen molar-refractivity contribution in [2.45, 2.75) is 0 Å². The van der Waals surface area contributed by atoms with E-state index in [1.165, 1.54) is 58.8 Å². The lowest BCUT2D eigenvalue weighted by molar-refractivity contribution is 1.07. The van der Waals surface area contributed by atoms with Crippen LogP contribution in [0.5, 0.6) is 0 Å². The van der Waals surface area contributed by atoms with Gasteiger partial charge >= 0.3 is 0 Å². The summed E-state index contributed by atoms with van der Waals surface area (Å²) in [7, 11) is 0. The van der Waals surface area contributed by atoms with Crippen LogP contribution in [-0.4, -0.2) is 15.0 Å². The molecule has 65 heavy (non-hydrogen) atoms. The molecule has 0 N–H and O–H groups in total. The fraction of sp³-hybridized carbons (Fsp3) is 0. The second-order valence-electron chi connectivity index (χ2n) is 16.3. The van der Waals surface area contributed by atoms with Crippen molar-refractivity contribution < 1.29 is 0 Å². The van der Waals surface area contributed by atoms with Crippen molar-refractivity contribution in [2.24, 2.45) is 0 Å². The summed E-state index contributed by atoms with van der Waals surface area (Å²) in [5, 5.41) is 5.07. The number of fused-ring (bicyclic) bond motifs is 4. The van der Waals surface area contributed by atoms with Gasteiger partial charge in [-0.05, 0) is 78.5 Å². The molecule has 0 radical (unpaired) electrons. The van der Waals surface area contributed by atoms with Crippen LogP contribution in [0, 0.1) is 0 Å². The molecule has 2 aromatic heterocycles. The number of nitrogens with zero attached hydrogens (tertiary/aromatic N) is 3. The lowest BCUT2D eigenvalue weighted by Gasteiger charge is -2.14. The highest BCUT2D eigenvalue weighted by molar-refractivity contribution is 7.25. The van der Waals surface area contributed by atoms with Gasteiger partial charge in [0.15, 0.2) is 17.5 Å². The predicted octanol–water partition coefficient (Wildman–Crippen LogP) is 16.7. The molecule has 0 fully saturated rings. The number of hydrogen-bond donors (Lipinski definition) is 0. The molecule has 10 aromatic carbocycles. The van der Waals surface area contributed by atoms with Gasteiger partial charge in [0, 0.05) is 36.9 Å². The Balaban J connectivity index is 0.908. The first-order valence-electron chi connectivity index (χ1n) is 21.9. The Morgan fingerprint density at radius 2 is 0.600 bits per heavy atom. The molecule has 2 heterocycles. The summed E-state index contributed by atoms with van der Waals surface area (Å²) in [6.45, 7) is 0. The highest BCUT2D eigenvalue weighted by Gasteiger charge is 2.19. The second kappa shape index (κ2) is 16.4. The van der Waals surface area contributed by atoms with Gasteiger partial charge in [-0.25, -0.2) is 15.0 Å². The molecule has 0 unspecified atom stereocenters. The summed E-state index contributed by atoms with van der Waals surface area (Å²) < 4.78 is 2.65. The average Bonchev–Trinajstić information content (AvgIpc) is 3.77. The Hall–Kier alpha value is -8.31. The molecule has 0 saturated carbocycles. The Bertz CT molecular complexity index is 3590. The molecule has 12 aromatic rings. The number of hydrogen-bond acceptors (Lipinski definition) is 4. The first kappa shape index (κ1) is 38.4. The lowest BCUT2D eigenvalue weighted by Crippen LogP contribution is -2.02. The van der Waals surface area contributed by atoms with Crippen molar-refractivity contribution in [1.82, 2.24) is 15.0 Å². The number of rotatable bonds is 8. The van der Waals surface area contributed by atoms with Crippen LogP contribution in [0.2, 0.25) is 0 Å². The monoisotopic (exact) mass is 845 g/mol. The fourth-order valence-electron chi connectivity index (χ4n) is 9.19. The summed E-state index contributed by atoms with van der Waals surface area (Å²) in [4.78, 5) is 15.6. The predicted molar refractivity (Wildman–Crippen MR) is 274 cm³/mol. The van der Waals surface area contributed by atoms with Crippen LogP contribution in [0.1, 0.15) is 0 Å². The van der Waals surface area contributed by atoms with E-state index in [1.807, 2.05) is 23.5 Å². The number of benzene rings is 10. The van der Waals surface area contributed by atoms with E-state index in [9.17, 15) is 0 Å². The second-order valence-corrected chi connectivity index (χ2v) is 17.4. The topological polar surface area (TPSA) is 38.7 Å². The summed E-state index contributed by atoms with van der Waals surface area (Å²) in [5.74, 6) is 1.88. The van der Waals surface area contributed by atoms with Crippen LogP contribution < -0.4 is 0 Å². The minimum Gasteiger partial charge on any atom is -0.208 e. The molecule has 4 heteroatoms. The molecule has 3 nitrogen and oxygen atoms in total. The van der Waals surface area contributed by atoms with Gasteiger partial charge in [0.1, 0.15) is 0 Å². The van der Waals surface area contributed by atoms with E-state index in [-0.39, 0.29) is 0 Å². The smallest absolute Gasteiger partial charge is 0.164 e. The van der Waals surface area contributed by atoms with E-state index in [1.54, 1.807) is 0 Å². The third-order valence-corrected chi connectivity index (χ3v) is 13.6. The normalized spacial score (nSPS) is 11.4. The Morgan fingerprint density at radius 1 is 0.215 bits per heavy atom. The van der Waals surface area contributed by atoms with E-state index in [0.29, 0.717) is 17.5 Å². The molecule has 0 aliphatic heterocycles. The molecular weight excluding hydrogens is 807 g/mol. The van der Waals surface area contributed by atoms with Crippen LogP contribution in [0.15, 0.2) is 237 Å². The van der Waals surface area contributed by atoms with E-state index in [4.69, 9.17) is 15.0 Å². The van der Waals surface area contributed by atoms with Gasteiger partial charge in [-0.2, -0.15) is 0 Å². The standard InChI is InChI=1S/C61H39N3S/c1-3-15-41(16-4-1)47-19-7-11-24-55(47)60-62-59(63-61(64-60)56-25-12-8-20-48(56)42-17-5-2-6-18-42)45-33-31-44(32-34-45)50-38-37-49(51-21-9-10-22-52(50)51)43-29-27-40(28-30-43)46-35-36-54-53-23-13-14-26-57(53)65-58(54)39-46/h1-39H. The molecule has 0 amide bonds. The highest BCUT2D eigenvalue weighted by atomic mass is 32.1. The first-order chi connectivity index (χ1) is 32.2. The van der Waals surface area contributed by atoms with E-state index < -0.39 is 0 Å². The van der Waals surface area contributed by atoms with E-state index in [2.05, 4.69) is 224 Å². The molecule has 0 aliphatic rings. The zero-order valence-electron chi connectivity index (χ0n) is 35.3. The molecule has 0 saturated heterocycles. The molecule has 304 valence electrons. The van der Waals surface area contributed by atoms with E-state index in [0.717, 1.165) is 44.5 Å². The summed E-state index contributed by atoms with van der Waals surface area (Å²) in [5.41, 5.74) is 14.3. The van der Waals surface area contributed by atoms with Crippen LogP contribution in [0.4, 0.5) is 0 Å². The number of thiophene rings is 1. The van der Waals surface area contributed by atoms with E-state index >= 15 is 0 Å². The Kier molecular flexibility index (Phi) is 9.70.